The third-order valence-corrected chi connectivity index (χ3v) is 1.47. The molecule has 0 atom stereocenters. The molecule has 0 aliphatic rings. The molecule has 0 spiro atoms. The number of rotatable bonds is 6. The first-order chi connectivity index (χ1) is 5.74. The second-order valence-electron chi connectivity index (χ2n) is 2.75. The Morgan fingerprint density at radius 1 is 1.17 bits per heavy atom. The topological polar surface area (TPSA) is 29.5 Å². The molecule has 72 valence electrons. The molecule has 0 heterocycles. The zero-order chi connectivity index (χ0) is 9.40. The lowest BCUT2D eigenvalue weighted by Crippen LogP contribution is -2.28. The summed E-state index contributed by atoms with van der Waals surface area (Å²) in [6.07, 6.45) is 2.47. The van der Waals surface area contributed by atoms with E-state index in [2.05, 4.69) is 13.8 Å². The Bertz CT molecular complexity index is 120. The molecule has 0 fully saturated rings. The predicted octanol–water partition coefficient (Wildman–Crippen LogP) is 1.98. The van der Waals surface area contributed by atoms with Gasteiger partial charge >= 0.3 is 5.97 Å². The average Bonchev–Trinajstić information content (AvgIpc) is 2.05. The second kappa shape index (κ2) is 7.10. The number of hydroxylamine groups is 2. The largest absolute Gasteiger partial charge is 0.368 e. The average molecular weight is 173 g/mol. The van der Waals surface area contributed by atoms with Crippen molar-refractivity contribution in [1.29, 1.82) is 0 Å². The van der Waals surface area contributed by atoms with Crippen LogP contribution in [-0.4, -0.2) is 24.1 Å². The molecule has 0 radical (unpaired) electrons. The third-order valence-electron chi connectivity index (χ3n) is 1.47. The van der Waals surface area contributed by atoms with E-state index in [9.17, 15) is 4.79 Å². The van der Waals surface area contributed by atoms with Gasteiger partial charge in [-0.1, -0.05) is 20.8 Å². The lowest BCUT2D eigenvalue weighted by atomic mass is 10.4. The molecule has 0 saturated heterocycles. The molecule has 0 aromatic rings. The summed E-state index contributed by atoms with van der Waals surface area (Å²) in [5.41, 5.74) is 0. The number of hydrogen-bond donors (Lipinski definition) is 0. The van der Waals surface area contributed by atoms with Crippen LogP contribution in [0, 0.1) is 0 Å². The first-order valence-corrected chi connectivity index (χ1v) is 4.70. The molecule has 0 bridgehead atoms. The van der Waals surface area contributed by atoms with E-state index in [1.165, 1.54) is 0 Å². The van der Waals surface area contributed by atoms with Crippen LogP contribution < -0.4 is 0 Å². The summed E-state index contributed by atoms with van der Waals surface area (Å²) in [5, 5.41) is 1.74. The molecule has 0 aliphatic heterocycles. The molecular formula is C9H19NO2. The zero-order valence-electron chi connectivity index (χ0n) is 8.30. The van der Waals surface area contributed by atoms with Gasteiger partial charge in [0, 0.05) is 19.5 Å². The highest BCUT2D eigenvalue weighted by atomic mass is 16.7. The lowest BCUT2D eigenvalue weighted by molar-refractivity contribution is -0.190. The number of hydrogen-bond acceptors (Lipinski definition) is 3. The van der Waals surface area contributed by atoms with Crippen LogP contribution >= 0.6 is 0 Å². The summed E-state index contributed by atoms with van der Waals surface area (Å²) in [6, 6.07) is 0. The van der Waals surface area contributed by atoms with Gasteiger partial charge in [-0.15, -0.1) is 5.06 Å². The van der Waals surface area contributed by atoms with Crippen LogP contribution in [0.3, 0.4) is 0 Å². The predicted molar refractivity (Wildman–Crippen MR) is 48.5 cm³/mol. The molecule has 0 aromatic carbocycles. The van der Waals surface area contributed by atoms with Gasteiger partial charge in [0.15, 0.2) is 0 Å². The maximum atomic E-state index is 10.9. The van der Waals surface area contributed by atoms with Crippen LogP contribution in [0.15, 0.2) is 0 Å². The van der Waals surface area contributed by atoms with Crippen molar-refractivity contribution in [2.75, 3.05) is 13.1 Å². The Balaban J connectivity index is 3.68. The highest BCUT2D eigenvalue weighted by molar-refractivity contribution is 5.68. The summed E-state index contributed by atoms with van der Waals surface area (Å²) in [5.74, 6) is -0.142. The first kappa shape index (κ1) is 11.4. The Morgan fingerprint density at radius 3 is 2.00 bits per heavy atom. The Labute approximate surface area is 74.6 Å². The molecule has 12 heavy (non-hydrogen) atoms. The van der Waals surface area contributed by atoms with Crippen LogP contribution in [-0.2, 0) is 9.63 Å². The van der Waals surface area contributed by atoms with Crippen molar-refractivity contribution in [3.05, 3.63) is 0 Å². The molecule has 0 rings (SSSR count). The van der Waals surface area contributed by atoms with Crippen molar-refractivity contribution in [3.8, 4) is 0 Å². The van der Waals surface area contributed by atoms with Gasteiger partial charge in [0.2, 0.25) is 0 Å². The van der Waals surface area contributed by atoms with Gasteiger partial charge in [-0.05, 0) is 12.8 Å². The summed E-state index contributed by atoms with van der Waals surface area (Å²) < 4.78 is 0. The minimum Gasteiger partial charge on any atom is -0.368 e. The molecule has 0 saturated carbocycles. The van der Waals surface area contributed by atoms with E-state index in [-0.39, 0.29) is 5.97 Å². The lowest BCUT2D eigenvalue weighted by Gasteiger charge is -2.19. The summed E-state index contributed by atoms with van der Waals surface area (Å²) >= 11 is 0. The molecule has 3 nitrogen and oxygen atoms in total. The quantitative estimate of drug-likeness (QED) is 0.575. The third kappa shape index (κ3) is 5.13. The highest BCUT2D eigenvalue weighted by Crippen LogP contribution is 1.97. The van der Waals surface area contributed by atoms with Crippen molar-refractivity contribution in [3.63, 3.8) is 0 Å². The van der Waals surface area contributed by atoms with E-state index in [4.69, 9.17) is 4.84 Å². The normalized spacial score (nSPS) is 10.3. The maximum Gasteiger partial charge on any atom is 0.324 e. The Hall–Kier alpha value is -0.570. The zero-order valence-corrected chi connectivity index (χ0v) is 8.30. The fourth-order valence-corrected chi connectivity index (χ4v) is 0.910. The minimum absolute atomic E-state index is 0.142. The van der Waals surface area contributed by atoms with E-state index in [1.807, 2.05) is 0 Å². The van der Waals surface area contributed by atoms with Crippen LogP contribution in [0.5, 0.6) is 0 Å². The molecule has 3 heteroatoms. The Morgan fingerprint density at radius 2 is 1.67 bits per heavy atom. The van der Waals surface area contributed by atoms with Crippen LogP contribution in [0.25, 0.3) is 0 Å². The van der Waals surface area contributed by atoms with Gasteiger partial charge in [-0.25, -0.2) is 0 Å². The van der Waals surface area contributed by atoms with Gasteiger partial charge in [-0.2, -0.15) is 0 Å². The van der Waals surface area contributed by atoms with E-state index in [0.717, 1.165) is 25.9 Å². The number of nitrogens with zero attached hydrogens (tertiary/aromatic N) is 1. The van der Waals surface area contributed by atoms with Crippen LogP contribution in [0.2, 0.25) is 0 Å². The fraction of sp³-hybridized carbons (Fsp3) is 0.889. The number of carbonyl (C=O) groups is 1. The van der Waals surface area contributed by atoms with E-state index >= 15 is 0 Å². The maximum absolute atomic E-state index is 10.9. The standard InChI is InChI=1S/C9H19NO2/c1-4-7-10(8-5-2)12-9(11)6-3/h4-8H2,1-3H3. The van der Waals surface area contributed by atoms with Gasteiger partial charge in [-0.3, -0.25) is 4.79 Å². The van der Waals surface area contributed by atoms with Gasteiger partial charge in [0.25, 0.3) is 0 Å². The molecule has 0 N–H and O–H groups in total. The smallest absolute Gasteiger partial charge is 0.324 e. The van der Waals surface area contributed by atoms with Crippen LogP contribution in [0.1, 0.15) is 40.0 Å². The second-order valence-corrected chi connectivity index (χ2v) is 2.75. The molecule has 0 amide bonds. The van der Waals surface area contributed by atoms with Crippen molar-refractivity contribution in [1.82, 2.24) is 5.06 Å². The molecule has 0 unspecified atom stereocenters. The van der Waals surface area contributed by atoms with Crippen molar-refractivity contribution >= 4 is 5.97 Å². The van der Waals surface area contributed by atoms with Crippen molar-refractivity contribution in [2.24, 2.45) is 0 Å². The highest BCUT2D eigenvalue weighted by Gasteiger charge is 2.07. The van der Waals surface area contributed by atoms with Crippen molar-refractivity contribution in [2.45, 2.75) is 40.0 Å². The first-order valence-electron chi connectivity index (χ1n) is 4.70. The van der Waals surface area contributed by atoms with Crippen molar-refractivity contribution < 1.29 is 9.63 Å². The molecule has 0 aromatic heterocycles. The molecule has 0 aliphatic carbocycles. The summed E-state index contributed by atoms with van der Waals surface area (Å²) in [7, 11) is 0. The van der Waals surface area contributed by atoms with E-state index in [0.29, 0.717) is 6.42 Å². The monoisotopic (exact) mass is 173 g/mol. The van der Waals surface area contributed by atoms with Gasteiger partial charge in [0.1, 0.15) is 0 Å². The summed E-state index contributed by atoms with van der Waals surface area (Å²) in [4.78, 5) is 16.0. The van der Waals surface area contributed by atoms with Gasteiger partial charge < -0.3 is 4.84 Å². The molecular weight excluding hydrogens is 154 g/mol. The number of carbonyl (C=O) groups excluding carboxylic acids is 1. The van der Waals surface area contributed by atoms with Crippen LogP contribution in [0.4, 0.5) is 0 Å². The van der Waals surface area contributed by atoms with E-state index < -0.39 is 0 Å². The van der Waals surface area contributed by atoms with E-state index in [1.54, 1.807) is 12.0 Å². The SMILES string of the molecule is CCCN(CCC)OC(=O)CC. The minimum atomic E-state index is -0.142. The summed E-state index contributed by atoms with van der Waals surface area (Å²) in [6.45, 7) is 7.61. The van der Waals surface area contributed by atoms with Gasteiger partial charge in [0.05, 0.1) is 0 Å². The fourth-order valence-electron chi connectivity index (χ4n) is 0.910. The Kier molecular flexibility index (Phi) is 6.76.